The molecule has 0 aliphatic heterocycles. The van der Waals surface area contributed by atoms with Gasteiger partial charge >= 0.3 is 17.7 Å². The number of carbonyl (C=O) groups is 2. The Hall–Kier alpha value is -2.95. The van der Waals surface area contributed by atoms with E-state index in [1.54, 1.807) is 4.72 Å². The molecule has 0 unspecified atom stereocenters. The molecule has 0 aliphatic rings. The third-order valence-corrected chi connectivity index (χ3v) is 3.93. The Balaban J connectivity index is 2.40. The fourth-order valence-corrected chi connectivity index (χ4v) is 2.72. The average Bonchev–Trinajstić information content (AvgIpc) is 2.92. The Bertz CT molecular complexity index is 882. The second kappa shape index (κ2) is 5.81. The van der Waals surface area contributed by atoms with Gasteiger partial charge in [-0.3, -0.25) is 4.98 Å². The lowest BCUT2D eigenvalue weighted by Crippen LogP contribution is -2.39. The lowest BCUT2D eigenvalue weighted by Gasteiger charge is -2.09. The molecule has 1 aromatic heterocycles. The predicted molar refractivity (Wildman–Crippen MR) is 71.7 cm³/mol. The third-order valence-electron chi connectivity index (χ3n) is 2.55. The molecule has 11 heteroatoms. The van der Waals surface area contributed by atoms with Gasteiger partial charge in [0, 0.05) is 0 Å². The lowest BCUT2D eigenvalue weighted by molar-refractivity contribution is 0.0596. The highest BCUT2D eigenvalue weighted by molar-refractivity contribution is 7.90. The molecule has 2 aromatic rings. The van der Waals surface area contributed by atoms with Crippen LogP contribution in [0.2, 0.25) is 0 Å². The van der Waals surface area contributed by atoms with Crippen LogP contribution in [0.5, 0.6) is 0 Å². The normalized spacial score (nSPS) is 11.0. The number of benzene rings is 1. The number of amides is 1. The summed E-state index contributed by atoms with van der Waals surface area (Å²) in [5.74, 6) is -0.884. The van der Waals surface area contributed by atoms with E-state index < -0.39 is 32.6 Å². The summed E-state index contributed by atoms with van der Waals surface area (Å²) in [4.78, 5) is 36.2. The predicted octanol–water partition coefficient (Wildman–Crippen LogP) is -0.695. The standard InChI is InChI=1S/C11H10N4O6S/c1-21-9(16)7-4-2-3-5-8(7)22(19,20)14-11(18)15-10(17)12-6-13-15/h2-6H,1H3,(H,14,18)(H,12,13,17). The van der Waals surface area contributed by atoms with E-state index in [0.717, 1.165) is 19.5 Å². The van der Waals surface area contributed by atoms with Gasteiger partial charge in [0.15, 0.2) is 0 Å². The van der Waals surface area contributed by atoms with Crippen molar-refractivity contribution in [3.05, 3.63) is 46.6 Å². The molecule has 0 fully saturated rings. The van der Waals surface area contributed by atoms with Gasteiger partial charge in [0.05, 0.1) is 12.7 Å². The molecule has 2 rings (SSSR count). The van der Waals surface area contributed by atoms with Gasteiger partial charge in [0.2, 0.25) is 0 Å². The molecule has 1 aromatic carbocycles. The number of hydrogen-bond donors (Lipinski definition) is 2. The van der Waals surface area contributed by atoms with Gasteiger partial charge in [-0.25, -0.2) is 27.5 Å². The van der Waals surface area contributed by atoms with E-state index in [0.29, 0.717) is 0 Å². The van der Waals surface area contributed by atoms with Crippen LogP contribution in [0.25, 0.3) is 0 Å². The first-order chi connectivity index (χ1) is 10.4. The maximum atomic E-state index is 12.2. The molecule has 0 saturated heterocycles. The fraction of sp³-hybridized carbons (Fsp3) is 0.0909. The van der Waals surface area contributed by atoms with Crippen LogP contribution < -0.4 is 10.4 Å². The molecule has 116 valence electrons. The number of nitrogens with zero attached hydrogens (tertiary/aromatic N) is 2. The SMILES string of the molecule is COC(=O)c1ccccc1S(=O)(=O)NC(=O)n1nc[nH]c1=O. The number of sulfonamides is 1. The number of aromatic amines is 1. The van der Waals surface area contributed by atoms with Crippen LogP contribution in [-0.4, -0.2) is 42.3 Å². The van der Waals surface area contributed by atoms with Crippen molar-refractivity contribution in [1.82, 2.24) is 19.5 Å². The molecule has 22 heavy (non-hydrogen) atoms. The molecule has 1 heterocycles. The molecule has 1 amide bonds. The van der Waals surface area contributed by atoms with E-state index in [-0.39, 0.29) is 10.2 Å². The minimum Gasteiger partial charge on any atom is -0.465 e. The molecule has 2 N–H and O–H groups in total. The number of methoxy groups -OCH3 is 1. The van der Waals surface area contributed by atoms with Crippen LogP contribution >= 0.6 is 0 Å². The Morgan fingerprint density at radius 1 is 1.32 bits per heavy atom. The number of esters is 1. The number of ether oxygens (including phenoxy) is 1. The van der Waals surface area contributed by atoms with Crippen LogP contribution in [0.3, 0.4) is 0 Å². The number of aromatic nitrogens is 3. The van der Waals surface area contributed by atoms with Gasteiger partial charge in [0.1, 0.15) is 11.2 Å². The zero-order valence-electron chi connectivity index (χ0n) is 11.1. The lowest BCUT2D eigenvalue weighted by atomic mass is 10.2. The van der Waals surface area contributed by atoms with Crippen LogP contribution in [0.15, 0.2) is 40.3 Å². The van der Waals surface area contributed by atoms with E-state index >= 15 is 0 Å². The molecule has 0 radical (unpaired) electrons. The molecule has 0 saturated carbocycles. The maximum absolute atomic E-state index is 12.2. The number of nitrogens with one attached hydrogen (secondary N) is 2. The smallest absolute Gasteiger partial charge is 0.360 e. The van der Waals surface area contributed by atoms with E-state index in [9.17, 15) is 22.8 Å². The molecule has 0 atom stereocenters. The van der Waals surface area contributed by atoms with E-state index in [1.165, 1.54) is 18.2 Å². The van der Waals surface area contributed by atoms with Gasteiger partial charge < -0.3 is 4.74 Å². The van der Waals surface area contributed by atoms with Gasteiger partial charge in [-0.05, 0) is 12.1 Å². The van der Waals surface area contributed by atoms with Gasteiger partial charge in [-0.15, -0.1) is 9.78 Å². The minimum absolute atomic E-state index is 0.250. The fourth-order valence-electron chi connectivity index (χ4n) is 1.59. The number of hydrogen-bond acceptors (Lipinski definition) is 7. The Labute approximate surface area is 123 Å². The van der Waals surface area contributed by atoms with Gasteiger partial charge in [-0.1, -0.05) is 12.1 Å². The second-order valence-corrected chi connectivity index (χ2v) is 5.56. The summed E-state index contributed by atoms with van der Waals surface area (Å²) in [6, 6.07) is 3.86. The van der Waals surface area contributed by atoms with E-state index in [4.69, 9.17) is 0 Å². The summed E-state index contributed by atoms with van der Waals surface area (Å²) in [5, 5.41) is 3.35. The highest BCUT2D eigenvalue weighted by Gasteiger charge is 2.25. The first kappa shape index (κ1) is 15.4. The van der Waals surface area contributed by atoms with Crippen molar-refractivity contribution in [1.29, 1.82) is 0 Å². The summed E-state index contributed by atoms with van der Waals surface area (Å²) in [5.41, 5.74) is -1.16. The monoisotopic (exact) mass is 326 g/mol. The topological polar surface area (TPSA) is 140 Å². The number of carbonyl (C=O) groups excluding carboxylic acids is 2. The number of rotatable bonds is 3. The first-order valence-corrected chi connectivity index (χ1v) is 7.22. The molecule has 0 bridgehead atoms. The van der Waals surface area contributed by atoms with Crippen LogP contribution in [0.1, 0.15) is 10.4 Å². The van der Waals surface area contributed by atoms with Gasteiger partial charge in [-0.2, -0.15) is 0 Å². The highest BCUT2D eigenvalue weighted by Crippen LogP contribution is 2.16. The van der Waals surface area contributed by atoms with Gasteiger partial charge in [0.25, 0.3) is 10.0 Å². The Morgan fingerprint density at radius 2 is 2.00 bits per heavy atom. The van der Waals surface area contributed by atoms with Crippen molar-refractivity contribution in [2.45, 2.75) is 4.90 Å². The minimum atomic E-state index is -4.40. The van der Waals surface area contributed by atoms with Crippen LogP contribution in [0, 0.1) is 0 Å². The summed E-state index contributed by atoms with van der Waals surface area (Å²) >= 11 is 0. The van der Waals surface area contributed by atoms with Crippen LogP contribution in [-0.2, 0) is 14.8 Å². The first-order valence-electron chi connectivity index (χ1n) is 5.74. The summed E-state index contributed by atoms with van der Waals surface area (Å²) in [6.45, 7) is 0. The van der Waals surface area contributed by atoms with Crippen molar-refractivity contribution >= 4 is 22.0 Å². The molecular formula is C11H10N4O6S. The second-order valence-electron chi connectivity index (χ2n) is 3.90. The largest absolute Gasteiger partial charge is 0.465 e. The average molecular weight is 326 g/mol. The number of H-pyrrole nitrogens is 1. The molecule has 0 spiro atoms. The molecule has 10 nitrogen and oxygen atoms in total. The van der Waals surface area contributed by atoms with Crippen molar-refractivity contribution in [2.75, 3.05) is 7.11 Å². The zero-order chi connectivity index (χ0) is 16.3. The van der Waals surface area contributed by atoms with E-state index in [2.05, 4.69) is 14.8 Å². The Kier molecular flexibility index (Phi) is 4.08. The van der Waals surface area contributed by atoms with Crippen molar-refractivity contribution in [3.63, 3.8) is 0 Å². The highest BCUT2D eigenvalue weighted by atomic mass is 32.2. The summed E-state index contributed by atoms with van der Waals surface area (Å²) < 4.78 is 30.8. The summed E-state index contributed by atoms with van der Waals surface area (Å²) in [6.07, 6.45) is 0.928. The Morgan fingerprint density at radius 3 is 2.59 bits per heavy atom. The molecule has 0 aliphatic carbocycles. The van der Waals surface area contributed by atoms with E-state index in [1.807, 2.05) is 0 Å². The van der Waals surface area contributed by atoms with Crippen LogP contribution in [0.4, 0.5) is 4.79 Å². The molecular weight excluding hydrogens is 316 g/mol. The zero-order valence-corrected chi connectivity index (χ0v) is 12.0. The quantitative estimate of drug-likeness (QED) is 0.711. The third kappa shape index (κ3) is 2.88. The van der Waals surface area contributed by atoms with Crippen molar-refractivity contribution in [2.24, 2.45) is 0 Å². The van der Waals surface area contributed by atoms with Crippen molar-refractivity contribution < 1.29 is 22.7 Å². The van der Waals surface area contributed by atoms with Crippen molar-refractivity contribution in [3.8, 4) is 0 Å². The maximum Gasteiger partial charge on any atom is 0.360 e. The summed E-state index contributed by atoms with van der Waals surface area (Å²) in [7, 11) is -3.31.